The summed E-state index contributed by atoms with van der Waals surface area (Å²) < 4.78 is 5.12. The van der Waals surface area contributed by atoms with Crippen molar-refractivity contribution in [3.05, 3.63) is 12.2 Å². The van der Waals surface area contributed by atoms with Crippen LogP contribution in [0, 0.1) is 0 Å². The third kappa shape index (κ3) is 20.3. The molecular formula is C25H51N3O6. The van der Waals surface area contributed by atoms with E-state index in [1.165, 1.54) is 56.3 Å². The Morgan fingerprint density at radius 1 is 0.853 bits per heavy atom. The van der Waals surface area contributed by atoms with E-state index in [1.54, 1.807) is 0 Å². The molecule has 0 aliphatic heterocycles. The Bertz CT molecular complexity index is 476. The standard InChI is InChI=1S/C25H51N3O6/c1-2-3-4-5-6-7-8-9-10-11-12-13-14-15-16-17-24(33)34-19-23(32)18-28(22-31)25(26-20-29)27-21-30/h9-10,23,25-27,29-32H,2-8,11-22H2,1H3. The molecule has 0 fully saturated rings. The number of ether oxygens (including phenoxy) is 1. The Morgan fingerprint density at radius 3 is 1.91 bits per heavy atom. The maximum Gasteiger partial charge on any atom is 0.305 e. The zero-order valence-corrected chi connectivity index (χ0v) is 21.3. The number of aliphatic hydroxyl groups is 4. The summed E-state index contributed by atoms with van der Waals surface area (Å²) in [6, 6.07) is 0. The first-order valence-electron chi connectivity index (χ1n) is 13.1. The fourth-order valence-corrected chi connectivity index (χ4v) is 3.67. The summed E-state index contributed by atoms with van der Waals surface area (Å²) in [6.07, 6.45) is 18.8. The zero-order valence-electron chi connectivity index (χ0n) is 21.3. The van der Waals surface area contributed by atoms with Crippen LogP contribution in [0.15, 0.2) is 12.2 Å². The molecule has 1 atom stereocenters. The van der Waals surface area contributed by atoms with E-state index in [9.17, 15) is 15.0 Å². The number of unbranched alkanes of at least 4 members (excludes halogenated alkanes) is 11. The third-order valence-corrected chi connectivity index (χ3v) is 5.64. The van der Waals surface area contributed by atoms with Gasteiger partial charge in [-0.1, -0.05) is 70.4 Å². The number of esters is 1. The van der Waals surface area contributed by atoms with Crippen LogP contribution in [0.25, 0.3) is 0 Å². The molecule has 0 spiro atoms. The maximum absolute atomic E-state index is 11.9. The van der Waals surface area contributed by atoms with Crippen molar-refractivity contribution in [3.8, 4) is 0 Å². The lowest BCUT2D eigenvalue weighted by Crippen LogP contribution is -2.57. The van der Waals surface area contributed by atoms with Gasteiger partial charge in [0.1, 0.15) is 19.0 Å². The molecule has 0 bridgehead atoms. The highest BCUT2D eigenvalue weighted by Crippen LogP contribution is 2.10. The molecule has 9 heteroatoms. The van der Waals surface area contributed by atoms with Crippen LogP contribution in [0.1, 0.15) is 96.8 Å². The van der Waals surface area contributed by atoms with Crippen LogP contribution in [-0.2, 0) is 9.53 Å². The number of hydrogen-bond acceptors (Lipinski definition) is 9. The van der Waals surface area contributed by atoms with Gasteiger partial charge in [-0.2, -0.15) is 0 Å². The number of carbonyl (C=O) groups is 1. The van der Waals surface area contributed by atoms with Gasteiger partial charge in [0, 0.05) is 13.0 Å². The van der Waals surface area contributed by atoms with Gasteiger partial charge in [-0.25, -0.2) is 4.90 Å². The molecule has 6 N–H and O–H groups in total. The van der Waals surface area contributed by atoms with E-state index in [-0.39, 0.29) is 32.6 Å². The monoisotopic (exact) mass is 489 g/mol. The first kappa shape index (κ1) is 32.9. The highest BCUT2D eigenvalue weighted by molar-refractivity contribution is 5.69. The third-order valence-electron chi connectivity index (χ3n) is 5.64. The number of nitrogens with zero attached hydrogens (tertiary/aromatic N) is 1. The van der Waals surface area contributed by atoms with Crippen molar-refractivity contribution in [2.24, 2.45) is 0 Å². The summed E-state index contributed by atoms with van der Waals surface area (Å²) in [5.41, 5.74) is 0. The molecule has 0 aliphatic rings. The van der Waals surface area contributed by atoms with E-state index in [1.807, 2.05) is 0 Å². The second-order valence-electron chi connectivity index (χ2n) is 8.71. The van der Waals surface area contributed by atoms with Crippen LogP contribution in [0.5, 0.6) is 0 Å². The summed E-state index contributed by atoms with van der Waals surface area (Å²) in [5, 5.41) is 42.7. The fraction of sp³-hybridized carbons (Fsp3) is 0.880. The number of rotatable bonds is 25. The average Bonchev–Trinajstić information content (AvgIpc) is 2.83. The van der Waals surface area contributed by atoms with E-state index in [0.717, 1.165) is 32.1 Å². The largest absolute Gasteiger partial charge is 0.463 e. The molecule has 9 nitrogen and oxygen atoms in total. The van der Waals surface area contributed by atoms with E-state index < -0.39 is 19.1 Å². The minimum Gasteiger partial charge on any atom is -0.463 e. The van der Waals surface area contributed by atoms with Crippen molar-refractivity contribution in [1.82, 2.24) is 15.5 Å². The first-order valence-corrected chi connectivity index (χ1v) is 13.1. The summed E-state index contributed by atoms with van der Waals surface area (Å²) in [4.78, 5) is 13.2. The Hall–Kier alpha value is -1.07. The predicted molar refractivity (Wildman–Crippen MR) is 134 cm³/mol. The van der Waals surface area contributed by atoms with Gasteiger partial charge in [0.15, 0.2) is 0 Å². The van der Waals surface area contributed by atoms with Crippen LogP contribution in [0.2, 0.25) is 0 Å². The molecule has 0 heterocycles. The number of carbonyl (C=O) groups excluding carboxylic acids is 1. The maximum atomic E-state index is 11.9. The average molecular weight is 490 g/mol. The predicted octanol–water partition coefficient (Wildman–Crippen LogP) is 2.54. The molecule has 0 aliphatic carbocycles. The Balaban J connectivity index is 3.68. The fourth-order valence-electron chi connectivity index (χ4n) is 3.67. The lowest BCUT2D eigenvalue weighted by Gasteiger charge is -2.31. The SMILES string of the molecule is CCCCCCCCC=CCCCCCCCC(=O)OCC(O)CN(CO)C(NCO)NCO. The quantitative estimate of drug-likeness (QED) is 0.0495. The van der Waals surface area contributed by atoms with Crippen molar-refractivity contribution < 1.29 is 30.0 Å². The molecule has 0 aromatic rings. The topological polar surface area (TPSA) is 135 Å². The number of nitrogens with one attached hydrogen (secondary N) is 2. The number of hydrogen-bond donors (Lipinski definition) is 6. The number of allylic oxidation sites excluding steroid dienone is 2. The summed E-state index contributed by atoms with van der Waals surface area (Å²) >= 11 is 0. The van der Waals surface area contributed by atoms with Crippen LogP contribution >= 0.6 is 0 Å². The molecule has 0 rings (SSSR count). The summed E-state index contributed by atoms with van der Waals surface area (Å²) in [7, 11) is 0. The lowest BCUT2D eigenvalue weighted by atomic mass is 10.1. The van der Waals surface area contributed by atoms with Gasteiger partial charge in [-0.3, -0.25) is 15.4 Å². The molecule has 202 valence electrons. The molecule has 0 radical (unpaired) electrons. The van der Waals surface area contributed by atoms with Gasteiger partial charge >= 0.3 is 5.97 Å². The van der Waals surface area contributed by atoms with Crippen LogP contribution in [0.4, 0.5) is 0 Å². The van der Waals surface area contributed by atoms with Crippen LogP contribution in [-0.4, -0.2) is 77.0 Å². The zero-order chi connectivity index (χ0) is 25.3. The van der Waals surface area contributed by atoms with E-state index in [0.29, 0.717) is 6.42 Å². The smallest absolute Gasteiger partial charge is 0.305 e. The van der Waals surface area contributed by atoms with Crippen molar-refractivity contribution in [1.29, 1.82) is 0 Å². The van der Waals surface area contributed by atoms with Gasteiger partial charge in [-0.15, -0.1) is 0 Å². The van der Waals surface area contributed by atoms with Gasteiger partial charge in [0.25, 0.3) is 0 Å². The number of aliphatic hydroxyl groups excluding tert-OH is 4. The minimum absolute atomic E-state index is 0.0121. The highest BCUT2D eigenvalue weighted by Gasteiger charge is 2.20. The Morgan fingerprint density at radius 2 is 1.38 bits per heavy atom. The van der Waals surface area contributed by atoms with Gasteiger partial charge < -0.3 is 25.2 Å². The Kier molecular flexibility index (Phi) is 24.2. The first-order chi connectivity index (χ1) is 16.6. The molecule has 0 aromatic carbocycles. The van der Waals surface area contributed by atoms with Crippen LogP contribution < -0.4 is 10.6 Å². The Labute approximate surface area is 206 Å². The van der Waals surface area contributed by atoms with Gasteiger partial charge in [0.2, 0.25) is 0 Å². The molecule has 0 aromatic heterocycles. The summed E-state index contributed by atoms with van der Waals surface area (Å²) in [6.45, 7) is 0.873. The molecule has 34 heavy (non-hydrogen) atoms. The van der Waals surface area contributed by atoms with Crippen molar-refractivity contribution in [3.63, 3.8) is 0 Å². The molecular weight excluding hydrogens is 438 g/mol. The van der Waals surface area contributed by atoms with Gasteiger partial charge in [-0.05, 0) is 32.1 Å². The van der Waals surface area contributed by atoms with Crippen molar-refractivity contribution in [2.75, 3.05) is 33.3 Å². The lowest BCUT2D eigenvalue weighted by molar-refractivity contribution is -0.147. The summed E-state index contributed by atoms with van der Waals surface area (Å²) in [5.74, 6) is -0.342. The molecule has 1 unspecified atom stereocenters. The minimum atomic E-state index is -1.01. The highest BCUT2D eigenvalue weighted by atomic mass is 16.5. The van der Waals surface area contributed by atoms with Crippen LogP contribution in [0.3, 0.4) is 0 Å². The molecule has 0 saturated heterocycles. The second kappa shape index (κ2) is 25.0. The van der Waals surface area contributed by atoms with E-state index >= 15 is 0 Å². The molecule has 0 amide bonds. The van der Waals surface area contributed by atoms with Gasteiger partial charge in [0.05, 0.1) is 20.2 Å². The van der Waals surface area contributed by atoms with Crippen molar-refractivity contribution >= 4 is 5.97 Å². The molecule has 0 saturated carbocycles. The second-order valence-corrected chi connectivity index (χ2v) is 8.71. The van der Waals surface area contributed by atoms with E-state index in [4.69, 9.17) is 14.9 Å². The normalized spacial score (nSPS) is 12.8. The van der Waals surface area contributed by atoms with E-state index in [2.05, 4.69) is 29.7 Å². The van der Waals surface area contributed by atoms with Crippen molar-refractivity contribution in [2.45, 2.75) is 109 Å².